The first kappa shape index (κ1) is 18.3. The number of nitrogens with one attached hydrogen (secondary N) is 1. The Hall–Kier alpha value is -3.73. The van der Waals surface area contributed by atoms with Gasteiger partial charge in [-0.15, -0.1) is 0 Å². The van der Waals surface area contributed by atoms with Crippen molar-refractivity contribution in [3.8, 4) is 11.3 Å². The van der Waals surface area contributed by atoms with Gasteiger partial charge in [0.2, 0.25) is 5.95 Å². The first-order valence-electron chi connectivity index (χ1n) is 10.2. The molecule has 2 aromatic heterocycles. The van der Waals surface area contributed by atoms with Gasteiger partial charge in [-0.25, -0.2) is 4.98 Å². The second-order valence-electron chi connectivity index (χ2n) is 7.53. The van der Waals surface area contributed by atoms with Gasteiger partial charge in [-0.2, -0.15) is 4.98 Å². The molecule has 0 saturated heterocycles. The van der Waals surface area contributed by atoms with E-state index in [2.05, 4.69) is 64.6 Å². The smallest absolute Gasteiger partial charge is 0.225 e. The quantitative estimate of drug-likeness (QED) is 0.503. The minimum absolute atomic E-state index is 0.338. The molecule has 1 aliphatic rings. The number of fused-ring (bicyclic) bond motifs is 1. The number of nitrogens with zero attached hydrogens (tertiary/aromatic N) is 4. The summed E-state index contributed by atoms with van der Waals surface area (Å²) in [6, 6.07) is 27.1. The largest absolute Gasteiger partial charge is 0.348 e. The Morgan fingerprint density at radius 1 is 0.933 bits per heavy atom. The maximum Gasteiger partial charge on any atom is 0.225 e. The average molecular weight is 393 g/mol. The summed E-state index contributed by atoms with van der Waals surface area (Å²) in [7, 11) is 0. The average Bonchev–Trinajstić information content (AvgIpc) is 3.14. The van der Waals surface area contributed by atoms with Crippen molar-refractivity contribution in [2.24, 2.45) is 0 Å². The molecule has 0 saturated carbocycles. The minimum atomic E-state index is 0.338. The van der Waals surface area contributed by atoms with Crippen LogP contribution in [0.2, 0.25) is 0 Å². The van der Waals surface area contributed by atoms with E-state index in [-0.39, 0.29) is 0 Å². The number of aromatic nitrogens is 3. The fourth-order valence-electron chi connectivity index (χ4n) is 3.98. The summed E-state index contributed by atoms with van der Waals surface area (Å²) >= 11 is 0. The van der Waals surface area contributed by atoms with Crippen LogP contribution >= 0.6 is 0 Å². The summed E-state index contributed by atoms with van der Waals surface area (Å²) in [5.41, 5.74) is 5.50. The summed E-state index contributed by atoms with van der Waals surface area (Å²) in [6.45, 7) is 2.82. The first-order chi connectivity index (χ1) is 14.8. The summed E-state index contributed by atoms with van der Waals surface area (Å²) in [5, 5.41) is 3.36. The molecule has 0 bridgehead atoms. The highest BCUT2D eigenvalue weighted by atomic mass is 15.3. The third kappa shape index (κ3) is 3.62. The van der Waals surface area contributed by atoms with Crippen molar-refractivity contribution in [1.82, 2.24) is 15.0 Å². The molecule has 1 atom stereocenters. The molecule has 1 unspecified atom stereocenters. The Kier molecular flexibility index (Phi) is 4.85. The lowest BCUT2D eigenvalue weighted by Crippen LogP contribution is -2.25. The lowest BCUT2D eigenvalue weighted by Gasteiger charge is -2.25. The van der Waals surface area contributed by atoms with Gasteiger partial charge in [-0.3, -0.25) is 4.98 Å². The summed E-state index contributed by atoms with van der Waals surface area (Å²) in [6.07, 6.45) is 2.81. The molecule has 5 nitrogen and oxygen atoms in total. The van der Waals surface area contributed by atoms with E-state index in [0.717, 1.165) is 29.2 Å². The van der Waals surface area contributed by atoms with Crippen molar-refractivity contribution < 1.29 is 0 Å². The molecule has 0 amide bonds. The molecule has 2 aromatic carbocycles. The second kappa shape index (κ2) is 7.95. The van der Waals surface area contributed by atoms with Gasteiger partial charge in [0.05, 0.1) is 17.9 Å². The van der Waals surface area contributed by atoms with Gasteiger partial charge in [-0.1, -0.05) is 54.6 Å². The number of anilines is 3. The molecule has 0 spiro atoms. The molecule has 30 heavy (non-hydrogen) atoms. The van der Waals surface area contributed by atoms with Crippen molar-refractivity contribution >= 4 is 17.5 Å². The maximum absolute atomic E-state index is 4.88. The van der Waals surface area contributed by atoms with E-state index in [4.69, 9.17) is 9.97 Å². The van der Waals surface area contributed by atoms with E-state index >= 15 is 0 Å². The Morgan fingerprint density at radius 3 is 2.57 bits per heavy atom. The zero-order chi connectivity index (χ0) is 20.3. The molecular weight excluding hydrogens is 370 g/mol. The lowest BCUT2D eigenvalue weighted by molar-refractivity contribution is 0.749. The van der Waals surface area contributed by atoms with Gasteiger partial charge < -0.3 is 10.2 Å². The van der Waals surface area contributed by atoms with Gasteiger partial charge in [0.25, 0.3) is 0 Å². The molecular formula is C25H23N5. The fraction of sp³-hybridized carbons (Fsp3) is 0.160. The van der Waals surface area contributed by atoms with E-state index in [1.165, 1.54) is 11.3 Å². The highest BCUT2D eigenvalue weighted by molar-refractivity contribution is 5.73. The number of benzene rings is 2. The molecule has 4 aromatic rings. The highest BCUT2D eigenvalue weighted by Crippen LogP contribution is 2.38. The first-order valence-corrected chi connectivity index (χ1v) is 10.2. The van der Waals surface area contributed by atoms with E-state index in [1.807, 2.05) is 36.4 Å². The van der Waals surface area contributed by atoms with E-state index in [0.29, 0.717) is 18.5 Å². The summed E-state index contributed by atoms with van der Waals surface area (Å²) in [5.74, 6) is 1.51. The predicted molar refractivity (Wildman–Crippen MR) is 121 cm³/mol. The molecule has 148 valence electrons. The number of rotatable bonds is 5. The van der Waals surface area contributed by atoms with E-state index < -0.39 is 0 Å². The van der Waals surface area contributed by atoms with E-state index in [1.54, 1.807) is 6.20 Å². The van der Waals surface area contributed by atoms with Crippen molar-refractivity contribution in [2.75, 3.05) is 10.2 Å². The number of hydrogen-bond donors (Lipinski definition) is 1. The zero-order valence-electron chi connectivity index (χ0n) is 16.9. The summed E-state index contributed by atoms with van der Waals surface area (Å²) in [4.78, 5) is 16.4. The maximum atomic E-state index is 4.88. The molecule has 5 rings (SSSR count). The van der Waals surface area contributed by atoms with Crippen molar-refractivity contribution in [3.05, 3.63) is 96.3 Å². The normalized spacial score (nSPS) is 15.1. The van der Waals surface area contributed by atoms with Crippen molar-refractivity contribution in [3.63, 3.8) is 0 Å². The molecule has 5 heteroatoms. The van der Waals surface area contributed by atoms with Crippen LogP contribution in [0, 0.1) is 0 Å². The van der Waals surface area contributed by atoms with Crippen LogP contribution in [0.4, 0.5) is 17.5 Å². The fourth-order valence-corrected chi connectivity index (χ4v) is 3.98. The third-order valence-corrected chi connectivity index (χ3v) is 5.39. The van der Waals surface area contributed by atoms with Gasteiger partial charge in [0.15, 0.2) is 0 Å². The van der Waals surface area contributed by atoms with E-state index in [9.17, 15) is 0 Å². The number of hydrogen-bond acceptors (Lipinski definition) is 5. The molecule has 0 radical (unpaired) electrons. The monoisotopic (exact) mass is 393 g/mol. The van der Waals surface area contributed by atoms with Crippen LogP contribution in [0.3, 0.4) is 0 Å². The molecule has 1 aliphatic heterocycles. The van der Waals surface area contributed by atoms with Crippen LogP contribution in [0.5, 0.6) is 0 Å². The van der Waals surface area contributed by atoms with Crippen LogP contribution in [0.25, 0.3) is 11.3 Å². The standard InChI is InChI=1S/C25H23N5/c1-18-15-20-11-5-6-13-23(20)30(18)24-16-22(19-9-3-2-4-10-19)28-25(29-24)27-17-21-12-7-8-14-26-21/h2-14,16,18H,15,17H2,1H3,(H,27,28,29). The van der Waals surface area contributed by atoms with Crippen LogP contribution in [-0.2, 0) is 13.0 Å². The van der Waals surface area contributed by atoms with Gasteiger partial charge in [-0.05, 0) is 37.1 Å². The molecule has 3 heterocycles. The Bertz CT molecular complexity index is 1140. The third-order valence-electron chi connectivity index (χ3n) is 5.39. The molecule has 0 aliphatic carbocycles. The van der Waals surface area contributed by atoms with Gasteiger partial charge >= 0.3 is 0 Å². The van der Waals surface area contributed by atoms with Crippen molar-refractivity contribution in [2.45, 2.75) is 25.9 Å². The topological polar surface area (TPSA) is 53.9 Å². The summed E-state index contributed by atoms with van der Waals surface area (Å²) < 4.78 is 0. The zero-order valence-corrected chi connectivity index (χ0v) is 16.9. The Morgan fingerprint density at radius 2 is 1.73 bits per heavy atom. The number of pyridine rings is 1. The van der Waals surface area contributed by atoms with Crippen molar-refractivity contribution in [1.29, 1.82) is 0 Å². The van der Waals surface area contributed by atoms with Gasteiger partial charge in [0.1, 0.15) is 5.82 Å². The van der Waals surface area contributed by atoms with Crippen LogP contribution < -0.4 is 10.2 Å². The van der Waals surface area contributed by atoms with Crippen LogP contribution in [0.1, 0.15) is 18.2 Å². The predicted octanol–water partition coefficient (Wildman–Crippen LogP) is 5.23. The van der Waals surface area contributed by atoms with Crippen LogP contribution in [-0.4, -0.2) is 21.0 Å². The Balaban J connectivity index is 1.55. The number of para-hydroxylation sites is 1. The SMILES string of the molecule is CC1Cc2ccccc2N1c1cc(-c2ccccc2)nc(NCc2ccccn2)n1. The lowest BCUT2D eigenvalue weighted by atomic mass is 10.1. The highest BCUT2D eigenvalue weighted by Gasteiger charge is 2.28. The molecule has 0 fully saturated rings. The Labute approximate surface area is 176 Å². The van der Waals surface area contributed by atoms with Gasteiger partial charge in [0, 0.05) is 29.6 Å². The molecule has 1 N–H and O–H groups in total. The minimum Gasteiger partial charge on any atom is -0.348 e. The second-order valence-corrected chi connectivity index (χ2v) is 7.53. The van der Waals surface area contributed by atoms with Crippen LogP contribution in [0.15, 0.2) is 85.1 Å².